The van der Waals surface area contributed by atoms with Gasteiger partial charge in [0.2, 0.25) is 0 Å². The second-order valence-corrected chi connectivity index (χ2v) is 5.83. The Bertz CT molecular complexity index is 578. The fourth-order valence-corrected chi connectivity index (χ4v) is 2.85. The molecule has 2 N–H and O–H groups in total. The van der Waals surface area contributed by atoms with Crippen LogP contribution in [0.25, 0.3) is 0 Å². The Labute approximate surface area is 132 Å². The highest BCUT2D eigenvalue weighted by atomic mass is 35.5. The molecule has 0 saturated heterocycles. The Hall–Kier alpha value is -0.440. The predicted octanol–water partition coefficient (Wildman–Crippen LogP) is 5.54. The molecule has 0 saturated carbocycles. The second kappa shape index (κ2) is 6.34. The first kappa shape index (κ1) is 15.0. The van der Waals surface area contributed by atoms with Gasteiger partial charge in [0.15, 0.2) is 0 Å². The van der Waals surface area contributed by atoms with Crippen LogP contribution >= 0.6 is 46.4 Å². The molecule has 19 heavy (non-hydrogen) atoms. The smallest absolute Gasteiger partial charge is 0.0454 e. The van der Waals surface area contributed by atoms with Crippen molar-refractivity contribution in [1.29, 1.82) is 0 Å². The molecule has 2 aromatic carbocycles. The lowest BCUT2D eigenvalue weighted by Gasteiger charge is -2.16. The molecule has 0 bridgehead atoms. The van der Waals surface area contributed by atoms with Gasteiger partial charge in [-0.15, -0.1) is 0 Å². The second-order valence-electron chi connectivity index (χ2n) is 4.18. The van der Waals surface area contributed by atoms with Crippen molar-refractivity contribution in [1.82, 2.24) is 0 Å². The summed E-state index contributed by atoms with van der Waals surface area (Å²) in [5.41, 5.74) is 7.77. The highest BCUT2D eigenvalue weighted by Crippen LogP contribution is 2.31. The largest absolute Gasteiger partial charge is 0.324 e. The van der Waals surface area contributed by atoms with Gasteiger partial charge in [0.05, 0.1) is 0 Å². The van der Waals surface area contributed by atoms with Gasteiger partial charge < -0.3 is 5.73 Å². The zero-order valence-corrected chi connectivity index (χ0v) is 12.9. The molecule has 0 radical (unpaired) electrons. The number of benzene rings is 2. The van der Waals surface area contributed by atoms with E-state index in [4.69, 9.17) is 52.1 Å². The van der Waals surface area contributed by atoms with Crippen molar-refractivity contribution in [3.63, 3.8) is 0 Å². The van der Waals surface area contributed by atoms with E-state index in [1.54, 1.807) is 36.4 Å². The first-order chi connectivity index (χ1) is 8.99. The molecule has 0 aromatic heterocycles. The molecule has 100 valence electrons. The summed E-state index contributed by atoms with van der Waals surface area (Å²) in [7, 11) is 0. The average molecular weight is 335 g/mol. The maximum absolute atomic E-state index is 6.17. The van der Waals surface area contributed by atoms with Crippen molar-refractivity contribution in [2.45, 2.75) is 12.5 Å². The van der Waals surface area contributed by atoms with Crippen LogP contribution in [-0.2, 0) is 6.42 Å². The Balaban J connectivity index is 2.31. The third-order valence-corrected chi connectivity index (χ3v) is 4.13. The van der Waals surface area contributed by atoms with E-state index in [1.807, 2.05) is 0 Å². The molecule has 0 fully saturated rings. The predicted molar refractivity (Wildman–Crippen MR) is 83.6 cm³/mol. The Kier molecular flexibility index (Phi) is 4.99. The van der Waals surface area contributed by atoms with Crippen LogP contribution in [0.4, 0.5) is 0 Å². The van der Waals surface area contributed by atoms with E-state index < -0.39 is 0 Å². The average Bonchev–Trinajstić information content (AvgIpc) is 2.37. The third kappa shape index (κ3) is 3.56. The lowest BCUT2D eigenvalue weighted by Crippen LogP contribution is -2.14. The first-order valence-electron chi connectivity index (χ1n) is 5.62. The Morgan fingerprint density at radius 2 is 1.53 bits per heavy atom. The van der Waals surface area contributed by atoms with E-state index in [9.17, 15) is 0 Å². The van der Waals surface area contributed by atoms with Gasteiger partial charge in [-0.2, -0.15) is 0 Å². The quantitative estimate of drug-likeness (QED) is 0.783. The maximum atomic E-state index is 6.17. The SMILES string of the molecule is NC(Cc1c(Cl)cccc1Cl)c1cc(Cl)ccc1Cl. The van der Waals surface area contributed by atoms with Crippen molar-refractivity contribution < 1.29 is 0 Å². The summed E-state index contributed by atoms with van der Waals surface area (Å²) in [5, 5.41) is 2.38. The summed E-state index contributed by atoms with van der Waals surface area (Å²) in [6.45, 7) is 0. The molecule has 2 rings (SSSR count). The standard InChI is InChI=1S/C14H11Cl4N/c15-8-4-5-13(18)10(6-8)14(19)7-9-11(16)2-1-3-12(9)17/h1-6,14H,7,19H2. The summed E-state index contributed by atoms with van der Waals surface area (Å²) < 4.78 is 0. The van der Waals surface area contributed by atoms with E-state index in [1.165, 1.54) is 0 Å². The minimum atomic E-state index is -0.316. The van der Waals surface area contributed by atoms with Gasteiger partial charge in [0.1, 0.15) is 0 Å². The fraction of sp³-hybridized carbons (Fsp3) is 0.143. The van der Waals surface area contributed by atoms with E-state index >= 15 is 0 Å². The number of hydrogen-bond acceptors (Lipinski definition) is 1. The monoisotopic (exact) mass is 333 g/mol. The lowest BCUT2D eigenvalue weighted by atomic mass is 9.99. The Morgan fingerprint density at radius 1 is 0.895 bits per heavy atom. The van der Waals surface area contributed by atoms with Crippen molar-refractivity contribution in [2.24, 2.45) is 5.73 Å². The molecule has 1 unspecified atom stereocenters. The van der Waals surface area contributed by atoms with Crippen molar-refractivity contribution in [3.8, 4) is 0 Å². The molecule has 1 atom stereocenters. The number of nitrogens with two attached hydrogens (primary N) is 1. The highest BCUT2D eigenvalue weighted by Gasteiger charge is 2.15. The molecule has 2 aromatic rings. The molecule has 0 aliphatic carbocycles. The van der Waals surface area contributed by atoms with Crippen LogP contribution in [0.2, 0.25) is 20.1 Å². The van der Waals surface area contributed by atoms with Crippen LogP contribution in [0.1, 0.15) is 17.2 Å². The normalized spacial score (nSPS) is 12.5. The summed E-state index contributed by atoms with van der Waals surface area (Å²) in [4.78, 5) is 0. The molecule has 5 heteroatoms. The van der Waals surface area contributed by atoms with Gasteiger partial charge in [0, 0.05) is 26.1 Å². The molecule has 0 heterocycles. The Morgan fingerprint density at radius 3 is 2.16 bits per heavy atom. The summed E-state index contributed by atoms with van der Waals surface area (Å²) in [5.74, 6) is 0. The van der Waals surface area contributed by atoms with Crippen LogP contribution in [0.3, 0.4) is 0 Å². The van der Waals surface area contributed by atoms with Crippen LogP contribution in [0, 0.1) is 0 Å². The summed E-state index contributed by atoms with van der Waals surface area (Å²) >= 11 is 24.4. The zero-order valence-electron chi connectivity index (χ0n) is 9.84. The van der Waals surface area contributed by atoms with E-state index in [2.05, 4.69) is 0 Å². The van der Waals surface area contributed by atoms with Gasteiger partial charge in [-0.05, 0) is 47.9 Å². The van der Waals surface area contributed by atoms with Crippen LogP contribution in [-0.4, -0.2) is 0 Å². The zero-order chi connectivity index (χ0) is 14.0. The molecule has 0 spiro atoms. The maximum Gasteiger partial charge on any atom is 0.0454 e. The fourth-order valence-electron chi connectivity index (χ4n) is 1.86. The van der Waals surface area contributed by atoms with E-state index in [0.29, 0.717) is 26.5 Å². The number of hydrogen-bond donors (Lipinski definition) is 1. The molecular formula is C14H11Cl4N. The molecule has 0 aliphatic heterocycles. The number of rotatable bonds is 3. The first-order valence-corrected chi connectivity index (χ1v) is 7.13. The lowest BCUT2D eigenvalue weighted by molar-refractivity contribution is 0.722. The minimum absolute atomic E-state index is 0.316. The topological polar surface area (TPSA) is 26.0 Å². The molecular weight excluding hydrogens is 324 g/mol. The summed E-state index contributed by atoms with van der Waals surface area (Å²) in [6.07, 6.45) is 0.499. The molecule has 0 amide bonds. The minimum Gasteiger partial charge on any atom is -0.324 e. The summed E-state index contributed by atoms with van der Waals surface area (Å²) in [6, 6.07) is 10.3. The van der Waals surface area contributed by atoms with Gasteiger partial charge in [-0.25, -0.2) is 0 Å². The van der Waals surface area contributed by atoms with Gasteiger partial charge >= 0.3 is 0 Å². The van der Waals surface area contributed by atoms with Gasteiger partial charge in [-0.3, -0.25) is 0 Å². The van der Waals surface area contributed by atoms with Gasteiger partial charge in [-0.1, -0.05) is 52.5 Å². The van der Waals surface area contributed by atoms with E-state index in [0.717, 1.165) is 11.1 Å². The van der Waals surface area contributed by atoms with Crippen molar-refractivity contribution >= 4 is 46.4 Å². The van der Waals surface area contributed by atoms with Crippen molar-refractivity contribution in [3.05, 3.63) is 67.6 Å². The highest BCUT2D eigenvalue weighted by molar-refractivity contribution is 6.36. The number of halogens is 4. The van der Waals surface area contributed by atoms with E-state index in [-0.39, 0.29) is 6.04 Å². The van der Waals surface area contributed by atoms with Crippen molar-refractivity contribution in [2.75, 3.05) is 0 Å². The van der Waals surface area contributed by atoms with Crippen LogP contribution < -0.4 is 5.73 Å². The van der Waals surface area contributed by atoms with Crippen LogP contribution in [0.15, 0.2) is 36.4 Å². The third-order valence-electron chi connectivity index (χ3n) is 2.84. The van der Waals surface area contributed by atoms with Crippen LogP contribution in [0.5, 0.6) is 0 Å². The molecule has 1 nitrogen and oxygen atoms in total. The van der Waals surface area contributed by atoms with Gasteiger partial charge in [0.25, 0.3) is 0 Å². The molecule has 0 aliphatic rings.